The number of thiophene rings is 1. The number of fused-ring (bicyclic) bond motifs is 1. The van der Waals surface area contributed by atoms with Gasteiger partial charge < -0.3 is 5.32 Å². The molecular weight excluding hydrogens is 338 g/mol. The number of hydrogen-bond donors (Lipinski definition) is 1. The number of aromatic nitrogens is 2. The molecule has 0 aliphatic carbocycles. The molecule has 0 amide bonds. The number of anilines is 2. The molecule has 0 saturated heterocycles. The molecule has 2 aromatic carbocycles. The van der Waals surface area contributed by atoms with Crippen LogP contribution < -0.4 is 5.32 Å². The molecule has 2 heterocycles. The van der Waals surface area contributed by atoms with Gasteiger partial charge in [0.1, 0.15) is 17.0 Å². The lowest BCUT2D eigenvalue weighted by molar-refractivity contribution is 1.22. The van der Waals surface area contributed by atoms with E-state index in [1.807, 2.05) is 0 Å². The molecule has 0 bridgehead atoms. The SMILES string of the molecule is Cc1ccc(Nc2ncnc3scc(-c4ccc(C)cc4C)c23)c(C)c1. The highest BCUT2D eigenvalue weighted by molar-refractivity contribution is 7.17. The number of nitrogens with zero attached hydrogens (tertiary/aromatic N) is 2. The summed E-state index contributed by atoms with van der Waals surface area (Å²) in [4.78, 5) is 10.0. The van der Waals surface area contributed by atoms with Crippen LogP contribution in [-0.2, 0) is 0 Å². The van der Waals surface area contributed by atoms with E-state index in [1.54, 1.807) is 17.7 Å². The van der Waals surface area contributed by atoms with Crippen LogP contribution >= 0.6 is 11.3 Å². The molecule has 0 unspecified atom stereocenters. The van der Waals surface area contributed by atoms with Crippen molar-refractivity contribution in [2.24, 2.45) is 0 Å². The van der Waals surface area contributed by atoms with Crippen LogP contribution in [0.4, 0.5) is 11.5 Å². The van der Waals surface area contributed by atoms with Crippen LogP contribution in [0.3, 0.4) is 0 Å². The smallest absolute Gasteiger partial charge is 0.143 e. The monoisotopic (exact) mass is 359 g/mol. The van der Waals surface area contributed by atoms with Gasteiger partial charge in [0.25, 0.3) is 0 Å². The lowest BCUT2D eigenvalue weighted by Gasteiger charge is -2.12. The third-order valence-electron chi connectivity index (χ3n) is 4.68. The summed E-state index contributed by atoms with van der Waals surface area (Å²) in [5.74, 6) is 0.859. The molecule has 4 heteroatoms. The molecule has 130 valence electrons. The van der Waals surface area contributed by atoms with Crippen molar-refractivity contribution in [1.82, 2.24) is 9.97 Å². The third-order valence-corrected chi connectivity index (χ3v) is 5.56. The van der Waals surface area contributed by atoms with E-state index in [2.05, 4.69) is 84.8 Å². The Labute approximate surface area is 157 Å². The first-order valence-electron chi connectivity index (χ1n) is 8.67. The summed E-state index contributed by atoms with van der Waals surface area (Å²) in [6.07, 6.45) is 1.64. The summed E-state index contributed by atoms with van der Waals surface area (Å²) in [5.41, 5.74) is 8.51. The summed E-state index contributed by atoms with van der Waals surface area (Å²) in [6, 6.07) is 13.0. The Hall–Kier alpha value is -2.72. The van der Waals surface area contributed by atoms with E-state index in [9.17, 15) is 0 Å². The van der Waals surface area contributed by atoms with E-state index < -0.39 is 0 Å². The lowest BCUT2D eigenvalue weighted by atomic mass is 9.99. The predicted octanol–water partition coefficient (Wildman–Crippen LogP) is 6.34. The summed E-state index contributed by atoms with van der Waals surface area (Å²) in [6.45, 7) is 8.51. The van der Waals surface area contributed by atoms with Gasteiger partial charge in [0, 0.05) is 16.6 Å². The highest BCUT2D eigenvalue weighted by Gasteiger charge is 2.15. The first-order chi connectivity index (χ1) is 12.5. The van der Waals surface area contributed by atoms with E-state index in [1.165, 1.54) is 33.4 Å². The highest BCUT2D eigenvalue weighted by Crippen LogP contribution is 2.39. The van der Waals surface area contributed by atoms with Gasteiger partial charge in [-0.25, -0.2) is 9.97 Å². The first-order valence-corrected chi connectivity index (χ1v) is 9.55. The predicted molar refractivity (Wildman–Crippen MR) is 112 cm³/mol. The van der Waals surface area contributed by atoms with Gasteiger partial charge in [0.2, 0.25) is 0 Å². The minimum atomic E-state index is 0.859. The van der Waals surface area contributed by atoms with E-state index in [4.69, 9.17) is 0 Å². The van der Waals surface area contributed by atoms with Gasteiger partial charge in [-0.15, -0.1) is 11.3 Å². The Balaban J connectivity index is 1.87. The van der Waals surface area contributed by atoms with Crippen molar-refractivity contribution in [1.29, 1.82) is 0 Å². The Bertz CT molecular complexity index is 1110. The van der Waals surface area contributed by atoms with Crippen molar-refractivity contribution in [2.75, 3.05) is 5.32 Å². The van der Waals surface area contributed by atoms with E-state index >= 15 is 0 Å². The van der Waals surface area contributed by atoms with E-state index in [0.717, 1.165) is 21.7 Å². The zero-order valence-electron chi connectivity index (χ0n) is 15.4. The van der Waals surface area contributed by atoms with Gasteiger partial charge in [-0.3, -0.25) is 0 Å². The molecule has 0 aliphatic rings. The highest BCUT2D eigenvalue weighted by atomic mass is 32.1. The average molecular weight is 359 g/mol. The molecule has 0 fully saturated rings. The molecule has 1 N–H and O–H groups in total. The molecule has 3 nitrogen and oxygen atoms in total. The van der Waals surface area contributed by atoms with Crippen LogP contribution in [0.1, 0.15) is 22.3 Å². The number of nitrogens with one attached hydrogen (secondary N) is 1. The van der Waals surface area contributed by atoms with Gasteiger partial charge in [0.05, 0.1) is 5.39 Å². The van der Waals surface area contributed by atoms with Gasteiger partial charge in [-0.1, -0.05) is 41.5 Å². The van der Waals surface area contributed by atoms with E-state index in [-0.39, 0.29) is 0 Å². The average Bonchev–Trinajstić information content (AvgIpc) is 3.02. The molecule has 0 spiro atoms. The van der Waals surface area contributed by atoms with Crippen LogP contribution in [0, 0.1) is 27.7 Å². The van der Waals surface area contributed by atoms with Crippen molar-refractivity contribution in [3.63, 3.8) is 0 Å². The van der Waals surface area contributed by atoms with E-state index in [0.29, 0.717) is 0 Å². The number of rotatable bonds is 3. The third kappa shape index (κ3) is 2.97. The van der Waals surface area contributed by atoms with Crippen LogP contribution in [0.15, 0.2) is 48.1 Å². The Morgan fingerprint density at radius 3 is 2.27 bits per heavy atom. The van der Waals surface area contributed by atoms with Crippen LogP contribution in [0.25, 0.3) is 21.3 Å². The maximum absolute atomic E-state index is 4.56. The molecule has 4 aromatic rings. The van der Waals surface area contributed by atoms with Crippen LogP contribution in [-0.4, -0.2) is 9.97 Å². The summed E-state index contributed by atoms with van der Waals surface area (Å²) in [7, 11) is 0. The maximum atomic E-state index is 4.56. The first kappa shape index (κ1) is 16.7. The molecule has 26 heavy (non-hydrogen) atoms. The number of aryl methyl sites for hydroxylation is 4. The maximum Gasteiger partial charge on any atom is 0.143 e. The quantitative estimate of drug-likeness (QED) is 0.464. The largest absolute Gasteiger partial charge is 0.339 e. The van der Waals surface area contributed by atoms with Crippen molar-refractivity contribution in [3.05, 3.63) is 70.4 Å². The van der Waals surface area contributed by atoms with Gasteiger partial charge >= 0.3 is 0 Å². The second-order valence-corrected chi connectivity index (χ2v) is 7.67. The normalized spacial score (nSPS) is 11.1. The zero-order valence-corrected chi connectivity index (χ0v) is 16.2. The summed E-state index contributed by atoms with van der Waals surface area (Å²) >= 11 is 1.66. The summed E-state index contributed by atoms with van der Waals surface area (Å²) < 4.78 is 0. The zero-order chi connectivity index (χ0) is 18.3. The van der Waals surface area contributed by atoms with Crippen LogP contribution in [0.2, 0.25) is 0 Å². The molecule has 0 atom stereocenters. The Morgan fingerprint density at radius 2 is 1.54 bits per heavy atom. The van der Waals surface area contributed by atoms with Crippen LogP contribution in [0.5, 0.6) is 0 Å². The molecule has 2 aromatic heterocycles. The van der Waals surface area contributed by atoms with Crippen molar-refractivity contribution in [2.45, 2.75) is 27.7 Å². The standard InChI is InChI=1S/C22H21N3S/c1-13-5-7-17(15(3)9-13)18-11-26-22-20(18)21(23-12-24-22)25-19-8-6-14(2)10-16(19)4/h5-12H,1-4H3,(H,23,24,25). The fraction of sp³-hybridized carbons (Fsp3) is 0.182. The minimum Gasteiger partial charge on any atom is -0.339 e. The summed E-state index contributed by atoms with van der Waals surface area (Å²) in [5, 5.41) is 6.80. The fourth-order valence-electron chi connectivity index (χ4n) is 3.37. The Morgan fingerprint density at radius 1 is 0.808 bits per heavy atom. The topological polar surface area (TPSA) is 37.8 Å². The second-order valence-electron chi connectivity index (χ2n) is 6.81. The molecular formula is C22H21N3S. The molecule has 0 saturated carbocycles. The molecule has 0 aliphatic heterocycles. The minimum absolute atomic E-state index is 0.859. The number of hydrogen-bond acceptors (Lipinski definition) is 4. The fourth-order valence-corrected chi connectivity index (χ4v) is 4.27. The lowest BCUT2D eigenvalue weighted by Crippen LogP contribution is -1.98. The number of benzene rings is 2. The van der Waals surface area contributed by atoms with Gasteiger partial charge in [-0.2, -0.15) is 0 Å². The van der Waals surface area contributed by atoms with Gasteiger partial charge in [0.15, 0.2) is 0 Å². The molecule has 4 rings (SSSR count). The molecule has 0 radical (unpaired) electrons. The Kier molecular flexibility index (Phi) is 4.21. The van der Waals surface area contributed by atoms with Gasteiger partial charge in [-0.05, 0) is 50.5 Å². The second kappa shape index (κ2) is 6.54. The van der Waals surface area contributed by atoms with Crippen molar-refractivity contribution in [3.8, 4) is 11.1 Å². The van der Waals surface area contributed by atoms with Crippen molar-refractivity contribution < 1.29 is 0 Å². The van der Waals surface area contributed by atoms with Crippen molar-refractivity contribution >= 4 is 33.1 Å².